The summed E-state index contributed by atoms with van der Waals surface area (Å²) in [6.07, 6.45) is 0.909. The average Bonchev–Trinajstić information content (AvgIpc) is 3.24. The normalized spacial score (nSPS) is 11.4. The van der Waals surface area contributed by atoms with Gasteiger partial charge in [0, 0.05) is 34.8 Å². The predicted molar refractivity (Wildman–Crippen MR) is 142 cm³/mol. The van der Waals surface area contributed by atoms with E-state index in [-0.39, 0.29) is 18.5 Å². The number of hydrogen-bond acceptors (Lipinski definition) is 4. The standard InChI is InChI=1S/C29H28FN3O5/c1-29(2,3)38-28(37)33-14-16-8-18(10-20(30)9-16)22-11-19(27(31)36)12-24-26(22)23(15-32-24)21-7-5-4-6-17(21)13-25(34)35/h4-12,15,32H,13-14H2,1-3H3,(H2,31,36)(H,33,37)(H,34,35). The number of hydrogen-bond donors (Lipinski definition) is 4. The molecule has 0 unspecified atom stereocenters. The van der Waals surface area contributed by atoms with Crippen LogP contribution < -0.4 is 11.1 Å². The number of nitrogens with two attached hydrogens (primary N) is 1. The van der Waals surface area contributed by atoms with Gasteiger partial charge in [0.2, 0.25) is 5.91 Å². The van der Waals surface area contributed by atoms with Gasteiger partial charge in [-0.25, -0.2) is 9.18 Å². The number of aromatic nitrogens is 1. The van der Waals surface area contributed by atoms with Crippen LogP contribution in [0.1, 0.15) is 42.3 Å². The van der Waals surface area contributed by atoms with Gasteiger partial charge in [-0.3, -0.25) is 9.59 Å². The van der Waals surface area contributed by atoms with Gasteiger partial charge in [0.15, 0.2) is 0 Å². The second-order valence-corrected chi connectivity index (χ2v) is 9.94. The highest BCUT2D eigenvalue weighted by atomic mass is 19.1. The first-order chi connectivity index (χ1) is 17.9. The summed E-state index contributed by atoms with van der Waals surface area (Å²) in [6, 6.07) is 14.7. The van der Waals surface area contributed by atoms with E-state index in [9.17, 15) is 23.9 Å². The number of carboxylic acid groups (broad SMARTS) is 1. The van der Waals surface area contributed by atoms with E-state index in [0.29, 0.717) is 44.3 Å². The molecule has 0 radical (unpaired) electrons. The third-order valence-corrected chi connectivity index (χ3v) is 5.82. The minimum Gasteiger partial charge on any atom is -0.481 e. The van der Waals surface area contributed by atoms with Crippen LogP contribution in [-0.2, 0) is 22.5 Å². The molecule has 0 spiro atoms. The van der Waals surface area contributed by atoms with Crippen molar-refractivity contribution in [1.82, 2.24) is 10.3 Å². The molecule has 1 heterocycles. The van der Waals surface area contributed by atoms with Crippen molar-refractivity contribution in [3.63, 3.8) is 0 Å². The lowest BCUT2D eigenvalue weighted by atomic mass is 9.91. The highest BCUT2D eigenvalue weighted by Crippen LogP contribution is 2.39. The maximum absolute atomic E-state index is 14.8. The summed E-state index contributed by atoms with van der Waals surface area (Å²) in [5.74, 6) is -2.16. The Labute approximate surface area is 218 Å². The molecule has 2 amide bonds. The molecule has 0 bridgehead atoms. The molecule has 0 fully saturated rings. The second-order valence-electron chi connectivity index (χ2n) is 9.94. The van der Waals surface area contributed by atoms with Crippen molar-refractivity contribution in [3.8, 4) is 22.3 Å². The molecule has 0 aliphatic carbocycles. The van der Waals surface area contributed by atoms with Crippen molar-refractivity contribution in [3.05, 3.63) is 83.3 Å². The minimum absolute atomic E-state index is 0.0137. The number of halogens is 1. The smallest absolute Gasteiger partial charge is 0.407 e. The van der Waals surface area contributed by atoms with Crippen molar-refractivity contribution in [2.24, 2.45) is 5.73 Å². The van der Waals surface area contributed by atoms with Crippen LogP contribution in [0.2, 0.25) is 0 Å². The van der Waals surface area contributed by atoms with E-state index in [1.165, 1.54) is 12.1 Å². The summed E-state index contributed by atoms with van der Waals surface area (Å²) in [7, 11) is 0. The summed E-state index contributed by atoms with van der Waals surface area (Å²) in [6.45, 7) is 5.24. The molecule has 0 atom stereocenters. The number of carboxylic acids is 1. The van der Waals surface area contributed by atoms with E-state index in [1.807, 2.05) is 6.07 Å². The molecule has 38 heavy (non-hydrogen) atoms. The third kappa shape index (κ3) is 6.00. The maximum Gasteiger partial charge on any atom is 0.407 e. The zero-order valence-electron chi connectivity index (χ0n) is 21.2. The van der Waals surface area contributed by atoms with Crippen LogP contribution in [-0.4, -0.2) is 33.7 Å². The Morgan fingerprint density at radius 1 is 1.03 bits per heavy atom. The van der Waals surface area contributed by atoms with E-state index in [4.69, 9.17) is 10.5 Å². The fourth-order valence-corrected chi connectivity index (χ4v) is 4.35. The summed E-state index contributed by atoms with van der Waals surface area (Å²) >= 11 is 0. The zero-order valence-corrected chi connectivity index (χ0v) is 21.2. The second kappa shape index (κ2) is 10.4. The van der Waals surface area contributed by atoms with Crippen molar-refractivity contribution in [2.75, 3.05) is 0 Å². The summed E-state index contributed by atoms with van der Waals surface area (Å²) < 4.78 is 20.1. The number of primary amides is 1. The fraction of sp³-hybridized carbons (Fsp3) is 0.207. The number of carbonyl (C=O) groups excluding carboxylic acids is 2. The van der Waals surface area contributed by atoms with Gasteiger partial charge in [-0.15, -0.1) is 0 Å². The Morgan fingerprint density at radius 3 is 2.45 bits per heavy atom. The number of nitrogens with one attached hydrogen (secondary N) is 2. The van der Waals surface area contributed by atoms with Gasteiger partial charge in [0.25, 0.3) is 0 Å². The number of aliphatic carboxylic acids is 1. The number of fused-ring (bicyclic) bond motifs is 1. The van der Waals surface area contributed by atoms with E-state index in [0.717, 1.165) is 0 Å². The lowest BCUT2D eigenvalue weighted by Crippen LogP contribution is -2.32. The Morgan fingerprint density at radius 2 is 1.76 bits per heavy atom. The summed E-state index contributed by atoms with van der Waals surface area (Å²) in [5, 5.41) is 12.7. The quantitative estimate of drug-likeness (QED) is 0.261. The number of aromatic amines is 1. The SMILES string of the molecule is CC(C)(C)OC(=O)NCc1cc(F)cc(-c2cc(C(N)=O)cc3[nH]cc(-c4ccccc4CC(=O)O)c23)c1. The average molecular weight is 518 g/mol. The molecular weight excluding hydrogens is 489 g/mol. The molecule has 8 nitrogen and oxygen atoms in total. The molecule has 0 aliphatic rings. The van der Waals surface area contributed by atoms with Crippen molar-refractivity contribution < 1.29 is 28.6 Å². The zero-order chi connectivity index (χ0) is 27.6. The molecular formula is C29H28FN3O5. The van der Waals surface area contributed by atoms with E-state index in [1.54, 1.807) is 63.4 Å². The molecule has 0 saturated heterocycles. The summed E-state index contributed by atoms with van der Waals surface area (Å²) in [5.41, 5.74) is 9.15. The van der Waals surface area contributed by atoms with E-state index >= 15 is 0 Å². The van der Waals surface area contributed by atoms with Gasteiger partial charge in [-0.1, -0.05) is 24.3 Å². The van der Waals surface area contributed by atoms with Crippen molar-refractivity contribution >= 4 is 28.9 Å². The van der Waals surface area contributed by atoms with Crippen LogP contribution in [0.15, 0.2) is 60.8 Å². The summed E-state index contributed by atoms with van der Waals surface area (Å²) in [4.78, 5) is 38.9. The van der Waals surface area contributed by atoms with Crippen LogP contribution in [0.4, 0.5) is 9.18 Å². The number of amides is 2. The topological polar surface area (TPSA) is 135 Å². The molecule has 5 N–H and O–H groups in total. The molecule has 3 aromatic carbocycles. The predicted octanol–water partition coefficient (Wildman–Crippen LogP) is 5.39. The van der Waals surface area contributed by atoms with Crippen LogP contribution in [0.3, 0.4) is 0 Å². The Balaban J connectivity index is 1.85. The lowest BCUT2D eigenvalue weighted by Gasteiger charge is -2.19. The van der Waals surface area contributed by atoms with Crippen molar-refractivity contribution in [1.29, 1.82) is 0 Å². The van der Waals surface area contributed by atoms with Gasteiger partial charge >= 0.3 is 12.1 Å². The van der Waals surface area contributed by atoms with E-state index in [2.05, 4.69) is 10.3 Å². The molecule has 4 rings (SSSR count). The van der Waals surface area contributed by atoms with Crippen LogP contribution in [0, 0.1) is 5.82 Å². The van der Waals surface area contributed by atoms with Gasteiger partial charge in [0.1, 0.15) is 11.4 Å². The molecule has 0 saturated carbocycles. The Hall–Kier alpha value is -4.66. The van der Waals surface area contributed by atoms with Gasteiger partial charge in [0.05, 0.1) is 6.42 Å². The molecule has 196 valence electrons. The number of H-pyrrole nitrogens is 1. The Bertz CT molecular complexity index is 1550. The monoisotopic (exact) mass is 517 g/mol. The minimum atomic E-state index is -0.971. The fourth-order valence-electron chi connectivity index (χ4n) is 4.35. The van der Waals surface area contributed by atoms with Crippen LogP contribution in [0.5, 0.6) is 0 Å². The number of rotatable bonds is 7. The van der Waals surface area contributed by atoms with Crippen LogP contribution in [0.25, 0.3) is 33.2 Å². The number of ether oxygens (including phenoxy) is 1. The number of alkyl carbamates (subject to hydrolysis) is 1. The Kier molecular flexibility index (Phi) is 7.21. The third-order valence-electron chi connectivity index (χ3n) is 5.82. The van der Waals surface area contributed by atoms with Gasteiger partial charge in [-0.05, 0) is 78.9 Å². The highest BCUT2D eigenvalue weighted by molar-refractivity contribution is 6.10. The van der Waals surface area contributed by atoms with E-state index < -0.39 is 29.4 Å². The van der Waals surface area contributed by atoms with Gasteiger partial charge < -0.3 is 25.9 Å². The van der Waals surface area contributed by atoms with Crippen molar-refractivity contribution in [2.45, 2.75) is 39.3 Å². The molecule has 1 aromatic heterocycles. The molecule has 4 aromatic rings. The first-order valence-corrected chi connectivity index (χ1v) is 11.9. The number of benzene rings is 3. The van der Waals surface area contributed by atoms with Gasteiger partial charge in [-0.2, -0.15) is 0 Å². The molecule has 9 heteroatoms. The first-order valence-electron chi connectivity index (χ1n) is 11.9. The van der Waals surface area contributed by atoms with Crippen LogP contribution >= 0.6 is 0 Å². The molecule has 0 aliphatic heterocycles. The number of carbonyl (C=O) groups is 3. The largest absolute Gasteiger partial charge is 0.481 e. The maximum atomic E-state index is 14.8. The first kappa shape index (κ1) is 26.4. The highest BCUT2D eigenvalue weighted by Gasteiger charge is 2.20. The lowest BCUT2D eigenvalue weighted by molar-refractivity contribution is -0.136.